The Balaban J connectivity index is 1.60. The molecule has 0 amide bonds. The van der Waals surface area contributed by atoms with Crippen LogP contribution in [0.25, 0.3) is 10.9 Å². The van der Waals surface area contributed by atoms with Gasteiger partial charge in [-0.1, -0.05) is 6.07 Å². The normalized spacial score (nSPS) is 11.6. The molecule has 154 valence electrons. The summed E-state index contributed by atoms with van der Waals surface area (Å²) in [4.78, 5) is 6.45. The molecule has 0 spiro atoms. The molecule has 2 aromatic heterocycles. The molecule has 0 aliphatic rings. The number of fused-ring (bicyclic) bond motifs is 1. The Kier molecular flexibility index (Phi) is 5.40. The van der Waals surface area contributed by atoms with Crippen LogP contribution in [0.15, 0.2) is 65.6 Å². The monoisotopic (exact) mass is 445 g/mol. The van der Waals surface area contributed by atoms with Crippen molar-refractivity contribution in [2.24, 2.45) is 0 Å². The Bertz CT molecular complexity index is 1320. The van der Waals surface area contributed by atoms with Crippen LogP contribution in [0.5, 0.6) is 0 Å². The highest BCUT2D eigenvalue weighted by molar-refractivity contribution is 7.92. The van der Waals surface area contributed by atoms with E-state index in [4.69, 9.17) is 0 Å². The minimum Gasteiger partial charge on any atom is -0.365 e. The van der Waals surface area contributed by atoms with Gasteiger partial charge in [-0.05, 0) is 55.5 Å². The molecule has 30 heavy (non-hydrogen) atoms. The summed E-state index contributed by atoms with van der Waals surface area (Å²) in [6, 6.07) is 14.7. The summed E-state index contributed by atoms with van der Waals surface area (Å²) in [5.41, 5.74) is 0.845. The maximum atomic E-state index is 13.4. The molecule has 5 nitrogen and oxygen atoms in total. The lowest BCUT2D eigenvalue weighted by Crippen LogP contribution is -2.14. The Labute approximate surface area is 176 Å². The molecule has 9 heteroatoms. The number of nitrogens with one attached hydrogen (secondary N) is 2. The van der Waals surface area contributed by atoms with Gasteiger partial charge < -0.3 is 5.32 Å². The van der Waals surface area contributed by atoms with Crippen LogP contribution in [0.3, 0.4) is 0 Å². The first-order valence-corrected chi connectivity index (χ1v) is 11.3. The molecule has 0 atom stereocenters. The van der Waals surface area contributed by atoms with Crippen LogP contribution in [0.4, 0.5) is 20.3 Å². The van der Waals surface area contributed by atoms with Crippen LogP contribution in [-0.2, 0) is 16.6 Å². The summed E-state index contributed by atoms with van der Waals surface area (Å²) in [6.45, 7) is 2.68. The Hall–Kier alpha value is -3.04. The Morgan fingerprint density at radius 3 is 2.47 bits per heavy atom. The predicted molar refractivity (Wildman–Crippen MR) is 115 cm³/mol. The Morgan fingerprint density at radius 1 is 1.00 bits per heavy atom. The third-order valence-corrected chi connectivity index (χ3v) is 6.71. The van der Waals surface area contributed by atoms with Gasteiger partial charge in [0.2, 0.25) is 0 Å². The van der Waals surface area contributed by atoms with Crippen molar-refractivity contribution in [2.45, 2.75) is 18.4 Å². The average molecular weight is 446 g/mol. The van der Waals surface area contributed by atoms with Gasteiger partial charge >= 0.3 is 0 Å². The molecule has 4 rings (SSSR count). The topological polar surface area (TPSA) is 71.1 Å². The van der Waals surface area contributed by atoms with E-state index in [0.29, 0.717) is 29.3 Å². The fourth-order valence-electron chi connectivity index (χ4n) is 2.99. The number of sulfonamides is 1. The fraction of sp³-hybridized carbons (Fsp3) is 0.0952. The number of thiophene rings is 1. The minimum absolute atomic E-state index is 0.269. The summed E-state index contributed by atoms with van der Waals surface area (Å²) in [5, 5.41) is 3.81. The predicted octanol–water partition coefficient (Wildman–Crippen LogP) is 5.30. The first-order chi connectivity index (χ1) is 14.3. The molecule has 2 heterocycles. The van der Waals surface area contributed by atoms with Crippen molar-refractivity contribution in [3.05, 3.63) is 82.1 Å². The van der Waals surface area contributed by atoms with Gasteiger partial charge in [0.05, 0.1) is 22.6 Å². The maximum absolute atomic E-state index is 13.4. The van der Waals surface area contributed by atoms with E-state index < -0.39 is 26.6 Å². The fourth-order valence-corrected chi connectivity index (χ4v) is 4.94. The van der Waals surface area contributed by atoms with E-state index >= 15 is 0 Å². The number of hydrogen-bond acceptors (Lipinski definition) is 5. The van der Waals surface area contributed by atoms with Gasteiger partial charge in [0, 0.05) is 21.2 Å². The van der Waals surface area contributed by atoms with Crippen molar-refractivity contribution < 1.29 is 17.2 Å². The molecular formula is C21H17F2N3O2S2. The van der Waals surface area contributed by atoms with Crippen molar-refractivity contribution in [3.8, 4) is 0 Å². The molecular weight excluding hydrogens is 428 g/mol. The number of pyridine rings is 1. The van der Waals surface area contributed by atoms with Crippen LogP contribution in [0.1, 0.15) is 9.75 Å². The molecule has 2 aromatic carbocycles. The summed E-state index contributed by atoms with van der Waals surface area (Å²) in [5.74, 6) is -1.28. The van der Waals surface area contributed by atoms with E-state index in [1.165, 1.54) is 9.75 Å². The van der Waals surface area contributed by atoms with Crippen LogP contribution in [0.2, 0.25) is 0 Å². The van der Waals surface area contributed by atoms with Crippen LogP contribution >= 0.6 is 11.3 Å². The van der Waals surface area contributed by atoms with Crippen LogP contribution < -0.4 is 10.0 Å². The summed E-state index contributed by atoms with van der Waals surface area (Å²) in [7, 11) is -4.18. The number of aromatic nitrogens is 1. The van der Waals surface area contributed by atoms with E-state index in [2.05, 4.69) is 27.2 Å². The van der Waals surface area contributed by atoms with Gasteiger partial charge in [-0.25, -0.2) is 22.2 Å². The van der Waals surface area contributed by atoms with Crippen LogP contribution in [0, 0.1) is 18.6 Å². The van der Waals surface area contributed by atoms with Crippen molar-refractivity contribution in [2.75, 3.05) is 10.0 Å². The van der Waals surface area contributed by atoms with Crippen molar-refractivity contribution >= 4 is 43.8 Å². The number of nitrogens with zero attached hydrogens (tertiary/aromatic N) is 1. The van der Waals surface area contributed by atoms with E-state index in [1.807, 2.05) is 6.92 Å². The lowest BCUT2D eigenvalue weighted by molar-refractivity contribution is 0.568. The van der Waals surface area contributed by atoms with E-state index in [0.717, 1.165) is 12.1 Å². The molecule has 0 radical (unpaired) electrons. The summed E-state index contributed by atoms with van der Waals surface area (Å²) < 4.78 is 54.5. The molecule has 0 aliphatic heterocycles. The first-order valence-electron chi connectivity index (χ1n) is 8.98. The van der Waals surface area contributed by atoms with Gasteiger partial charge in [-0.3, -0.25) is 4.72 Å². The summed E-state index contributed by atoms with van der Waals surface area (Å²) in [6.07, 6.45) is 0. The van der Waals surface area contributed by atoms with Gasteiger partial charge in [0.1, 0.15) is 17.5 Å². The highest BCUT2D eigenvalue weighted by Crippen LogP contribution is 2.27. The zero-order chi connectivity index (χ0) is 21.3. The lowest BCUT2D eigenvalue weighted by atomic mass is 10.2. The van der Waals surface area contributed by atoms with Gasteiger partial charge in [-0.2, -0.15) is 0 Å². The second-order valence-electron chi connectivity index (χ2n) is 6.65. The molecule has 4 aromatic rings. The number of benzene rings is 2. The van der Waals surface area contributed by atoms with Gasteiger partial charge in [0.15, 0.2) is 0 Å². The third-order valence-electron chi connectivity index (χ3n) is 4.36. The molecule has 0 unspecified atom stereocenters. The van der Waals surface area contributed by atoms with E-state index in [-0.39, 0.29) is 5.69 Å². The largest absolute Gasteiger partial charge is 0.365 e. The summed E-state index contributed by atoms with van der Waals surface area (Å²) >= 11 is 1.70. The van der Waals surface area contributed by atoms with Crippen LogP contribution in [-0.4, -0.2) is 13.4 Å². The average Bonchev–Trinajstić information content (AvgIpc) is 3.11. The van der Waals surface area contributed by atoms with Crippen molar-refractivity contribution in [1.82, 2.24) is 4.98 Å². The number of halogens is 2. The maximum Gasteiger partial charge on any atom is 0.262 e. The van der Waals surface area contributed by atoms with Crippen molar-refractivity contribution in [3.63, 3.8) is 0 Å². The number of aryl methyl sites for hydroxylation is 1. The zero-order valence-corrected chi connectivity index (χ0v) is 17.4. The molecule has 0 fully saturated rings. The highest BCUT2D eigenvalue weighted by atomic mass is 32.2. The number of hydrogen-bond donors (Lipinski definition) is 2. The SMILES string of the molecule is Cc1ccc(CNc2ccc3c(NS(=O)(=O)c4cc(F)cc(F)c4)cccc3n2)s1. The molecule has 0 aliphatic carbocycles. The second-order valence-corrected chi connectivity index (χ2v) is 9.70. The number of anilines is 2. The third kappa shape index (κ3) is 4.42. The number of rotatable bonds is 6. The van der Waals surface area contributed by atoms with Gasteiger partial charge in [-0.15, -0.1) is 11.3 Å². The van der Waals surface area contributed by atoms with Gasteiger partial charge in [0.25, 0.3) is 10.0 Å². The zero-order valence-electron chi connectivity index (χ0n) is 15.8. The first kappa shape index (κ1) is 20.2. The van der Waals surface area contributed by atoms with Crippen molar-refractivity contribution in [1.29, 1.82) is 0 Å². The van der Waals surface area contributed by atoms with E-state index in [9.17, 15) is 17.2 Å². The Morgan fingerprint density at radius 2 is 1.77 bits per heavy atom. The molecule has 2 N–H and O–H groups in total. The standard InChI is InChI=1S/C21H17F2N3O2S2/c1-13-5-6-16(29-13)12-24-21-8-7-18-19(25-21)3-2-4-20(18)26-30(27,28)17-10-14(22)9-15(23)11-17/h2-11,26H,12H2,1H3,(H,24,25). The molecule has 0 saturated carbocycles. The van der Waals surface area contributed by atoms with E-state index in [1.54, 1.807) is 41.7 Å². The minimum atomic E-state index is -4.18. The smallest absolute Gasteiger partial charge is 0.262 e. The lowest BCUT2D eigenvalue weighted by Gasteiger charge is -2.12. The molecule has 0 saturated heterocycles. The molecule has 0 bridgehead atoms. The highest BCUT2D eigenvalue weighted by Gasteiger charge is 2.18. The quantitative estimate of drug-likeness (QED) is 0.423. The second kappa shape index (κ2) is 8.00.